The molecule has 2 aliphatic carbocycles. The quantitative estimate of drug-likeness (QED) is 0.367. The molecule has 0 radical (unpaired) electrons. The number of nitrogens with one attached hydrogen (secondary N) is 2. The van der Waals surface area contributed by atoms with E-state index in [0.717, 1.165) is 42.6 Å². The van der Waals surface area contributed by atoms with Crippen molar-refractivity contribution in [3.8, 4) is 11.5 Å². The number of hydrogen-bond acceptors (Lipinski definition) is 7. The molecule has 0 aliphatic heterocycles. The molecule has 1 amide bonds. The van der Waals surface area contributed by atoms with Crippen molar-refractivity contribution >= 4 is 17.4 Å². The molecule has 5 rings (SSSR count). The number of pyridine rings is 1. The maximum absolute atomic E-state index is 13.1. The Kier molecular flexibility index (Phi) is 6.83. The summed E-state index contributed by atoms with van der Waals surface area (Å²) in [5, 5.41) is 21.7. The van der Waals surface area contributed by atoms with E-state index in [2.05, 4.69) is 27.5 Å². The Bertz CT molecular complexity index is 1200. The van der Waals surface area contributed by atoms with Crippen LogP contribution in [0.15, 0.2) is 35.2 Å². The van der Waals surface area contributed by atoms with Crippen molar-refractivity contribution < 1.29 is 14.3 Å². The maximum atomic E-state index is 13.1. The van der Waals surface area contributed by atoms with Crippen LogP contribution in [0.1, 0.15) is 87.9 Å². The molecule has 3 N–H and O–H groups in total. The summed E-state index contributed by atoms with van der Waals surface area (Å²) in [5.41, 5.74) is 0.634. The Morgan fingerprint density at radius 2 is 1.94 bits per heavy atom. The number of nitrogens with zero attached hydrogens (tertiary/aromatic N) is 4. The van der Waals surface area contributed by atoms with E-state index in [1.165, 1.54) is 38.4 Å². The minimum atomic E-state index is -1.20. The molecule has 0 unspecified atom stereocenters. The van der Waals surface area contributed by atoms with E-state index in [0.29, 0.717) is 17.3 Å². The van der Waals surface area contributed by atoms with Gasteiger partial charge in [0.2, 0.25) is 5.89 Å². The number of rotatable bonds is 9. The fourth-order valence-corrected chi connectivity index (χ4v) is 4.87. The summed E-state index contributed by atoms with van der Waals surface area (Å²) >= 11 is 0. The first-order valence-corrected chi connectivity index (χ1v) is 13.1. The number of hydrogen-bond donors (Lipinski definition) is 3. The second-order valence-corrected chi connectivity index (χ2v) is 10.8. The van der Waals surface area contributed by atoms with Gasteiger partial charge in [-0.2, -0.15) is 5.10 Å². The third-order valence-corrected chi connectivity index (χ3v) is 7.34. The zero-order chi connectivity index (χ0) is 25.3. The summed E-state index contributed by atoms with van der Waals surface area (Å²) in [5.74, 6) is 2.21. The minimum absolute atomic E-state index is 0.159. The lowest BCUT2D eigenvalue weighted by molar-refractivity contribution is 0.0730. The Hall–Kier alpha value is -3.20. The molecule has 2 saturated carbocycles. The lowest BCUT2D eigenvalue weighted by atomic mass is 9.85. The van der Waals surface area contributed by atoms with E-state index < -0.39 is 11.5 Å². The second kappa shape index (κ2) is 10.0. The summed E-state index contributed by atoms with van der Waals surface area (Å²) < 4.78 is 7.54. The molecule has 3 aromatic rings. The highest BCUT2D eigenvalue weighted by molar-refractivity contribution is 6.03. The third kappa shape index (κ3) is 5.61. The van der Waals surface area contributed by atoms with Crippen LogP contribution in [0.25, 0.3) is 11.5 Å². The molecule has 3 heterocycles. The van der Waals surface area contributed by atoms with Crippen LogP contribution in [0.5, 0.6) is 0 Å². The molecule has 0 atom stereocenters. The van der Waals surface area contributed by atoms with Crippen molar-refractivity contribution in [2.75, 3.05) is 17.2 Å². The number of carbonyl (C=O) groups excluding carboxylic acids is 1. The summed E-state index contributed by atoms with van der Waals surface area (Å²) in [6.07, 6.45) is 13.1. The van der Waals surface area contributed by atoms with Crippen molar-refractivity contribution in [2.45, 2.75) is 77.4 Å². The van der Waals surface area contributed by atoms with Crippen molar-refractivity contribution in [1.82, 2.24) is 19.7 Å². The molecule has 0 bridgehead atoms. The molecule has 192 valence electrons. The number of aliphatic hydroxyl groups is 1. The van der Waals surface area contributed by atoms with Gasteiger partial charge in [-0.05, 0) is 76.3 Å². The van der Waals surface area contributed by atoms with Crippen molar-refractivity contribution in [3.63, 3.8) is 0 Å². The fraction of sp³-hybridized carbons (Fsp3) is 0.556. The average molecular weight is 493 g/mol. The van der Waals surface area contributed by atoms with Crippen LogP contribution in [-0.2, 0) is 5.60 Å². The largest absolute Gasteiger partial charge is 0.444 e. The van der Waals surface area contributed by atoms with Crippen LogP contribution < -0.4 is 10.6 Å². The highest BCUT2D eigenvalue weighted by Crippen LogP contribution is 2.36. The van der Waals surface area contributed by atoms with E-state index in [1.807, 2.05) is 16.9 Å². The first-order chi connectivity index (χ1) is 17.3. The van der Waals surface area contributed by atoms with E-state index >= 15 is 0 Å². The Balaban J connectivity index is 1.30. The van der Waals surface area contributed by atoms with Crippen molar-refractivity contribution in [2.24, 2.45) is 11.8 Å². The molecule has 0 saturated heterocycles. The van der Waals surface area contributed by atoms with Gasteiger partial charge in [0, 0.05) is 24.5 Å². The van der Waals surface area contributed by atoms with Gasteiger partial charge in [-0.15, -0.1) is 0 Å². The molecule has 0 aromatic carbocycles. The van der Waals surface area contributed by atoms with E-state index in [1.54, 1.807) is 26.1 Å². The van der Waals surface area contributed by atoms with Gasteiger partial charge < -0.3 is 20.2 Å². The molecule has 2 fully saturated rings. The molecule has 2 aliphatic rings. The van der Waals surface area contributed by atoms with Crippen LogP contribution in [0, 0.1) is 11.8 Å². The predicted molar refractivity (Wildman–Crippen MR) is 138 cm³/mol. The highest BCUT2D eigenvalue weighted by Gasteiger charge is 2.29. The summed E-state index contributed by atoms with van der Waals surface area (Å²) in [7, 11) is 0. The first kappa shape index (κ1) is 24.5. The number of aromatic nitrogens is 4. The van der Waals surface area contributed by atoms with Crippen molar-refractivity contribution in [1.29, 1.82) is 0 Å². The van der Waals surface area contributed by atoms with Gasteiger partial charge in [-0.1, -0.05) is 13.3 Å². The zero-order valence-corrected chi connectivity index (χ0v) is 21.3. The van der Waals surface area contributed by atoms with Gasteiger partial charge in [0.1, 0.15) is 23.4 Å². The number of oxazole rings is 1. The fourth-order valence-electron chi connectivity index (χ4n) is 4.87. The third-order valence-electron chi connectivity index (χ3n) is 7.34. The van der Waals surface area contributed by atoms with Gasteiger partial charge in [0.25, 0.3) is 5.91 Å². The summed E-state index contributed by atoms with van der Waals surface area (Å²) in [4.78, 5) is 21.8. The smallest absolute Gasteiger partial charge is 0.277 e. The topological polar surface area (TPSA) is 118 Å². The lowest BCUT2D eigenvalue weighted by Gasteiger charge is -2.28. The summed E-state index contributed by atoms with van der Waals surface area (Å²) in [6.45, 7) is 6.51. The maximum Gasteiger partial charge on any atom is 0.277 e. The molecular weight excluding hydrogens is 456 g/mol. The molecule has 0 spiro atoms. The van der Waals surface area contributed by atoms with E-state index in [4.69, 9.17) is 9.52 Å². The van der Waals surface area contributed by atoms with Gasteiger partial charge in [0.05, 0.1) is 11.7 Å². The molecule has 9 heteroatoms. The van der Waals surface area contributed by atoms with E-state index in [-0.39, 0.29) is 11.7 Å². The summed E-state index contributed by atoms with van der Waals surface area (Å²) in [6, 6.07) is 3.95. The van der Waals surface area contributed by atoms with E-state index in [9.17, 15) is 9.90 Å². The Morgan fingerprint density at radius 1 is 1.19 bits per heavy atom. The average Bonchev–Trinajstić information content (AvgIpc) is 3.38. The van der Waals surface area contributed by atoms with Gasteiger partial charge in [-0.25, -0.2) is 9.97 Å². The standard InChI is InChI=1S/C27H36N6O3/c1-4-17-7-9-20(10-8-17)33-15-21(24(32-33)27(2,3)35)30-25(34)22-16-36-26(31-22)19-11-12-28-23(13-19)29-14-18-5-6-18/h11-13,15-18,20,35H,4-10,14H2,1-3H3,(H,28,29)(H,30,34). The zero-order valence-electron chi connectivity index (χ0n) is 21.3. The van der Waals surface area contributed by atoms with Gasteiger partial charge in [-0.3, -0.25) is 9.48 Å². The van der Waals surface area contributed by atoms with Crippen LogP contribution >= 0.6 is 0 Å². The number of carbonyl (C=O) groups is 1. The Morgan fingerprint density at radius 3 is 2.64 bits per heavy atom. The van der Waals surface area contributed by atoms with Gasteiger partial charge >= 0.3 is 0 Å². The SMILES string of the molecule is CCC1CCC(n2cc(NC(=O)c3coc(-c4ccnc(NCC5CC5)c4)n3)c(C(C)(C)O)n2)CC1. The Labute approximate surface area is 211 Å². The second-order valence-electron chi connectivity index (χ2n) is 10.8. The van der Waals surface area contributed by atoms with Gasteiger partial charge in [0.15, 0.2) is 5.69 Å². The highest BCUT2D eigenvalue weighted by atomic mass is 16.3. The molecule has 36 heavy (non-hydrogen) atoms. The molecule has 3 aromatic heterocycles. The van der Waals surface area contributed by atoms with Crippen LogP contribution in [-0.4, -0.2) is 37.3 Å². The normalized spacial score (nSPS) is 20.3. The van der Waals surface area contributed by atoms with Crippen LogP contribution in [0.2, 0.25) is 0 Å². The predicted octanol–water partition coefficient (Wildman–Crippen LogP) is 5.38. The van der Waals surface area contributed by atoms with Crippen molar-refractivity contribution in [3.05, 3.63) is 42.2 Å². The molecule has 9 nitrogen and oxygen atoms in total. The monoisotopic (exact) mass is 492 g/mol. The minimum Gasteiger partial charge on any atom is -0.444 e. The molecular formula is C27H36N6O3. The lowest BCUT2D eigenvalue weighted by Crippen LogP contribution is -2.22. The van der Waals surface area contributed by atoms with Crippen LogP contribution in [0.3, 0.4) is 0 Å². The number of amides is 1. The first-order valence-electron chi connectivity index (χ1n) is 13.1. The van der Waals surface area contributed by atoms with Crippen LogP contribution in [0.4, 0.5) is 11.5 Å². The number of anilines is 2.